The highest BCUT2D eigenvalue weighted by Gasteiger charge is 2.09. The van der Waals surface area contributed by atoms with Crippen LogP contribution < -0.4 is 0 Å². The molecule has 0 aliphatic carbocycles. The Hall–Kier alpha value is -2.16. The highest BCUT2D eigenvalue weighted by molar-refractivity contribution is 6.22. The van der Waals surface area contributed by atoms with Crippen molar-refractivity contribution in [3.05, 3.63) is 36.8 Å². The van der Waals surface area contributed by atoms with E-state index < -0.39 is 0 Å². The van der Waals surface area contributed by atoms with Crippen LogP contribution in [0.3, 0.4) is 0 Å². The third kappa shape index (κ3) is 0.722. The lowest BCUT2D eigenvalue weighted by atomic mass is 10.1. The summed E-state index contributed by atoms with van der Waals surface area (Å²) in [5.74, 6) is 0. The van der Waals surface area contributed by atoms with Crippen molar-refractivity contribution in [3.8, 4) is 0 Å². The van der Waals surface area contributed by atoms with Gasteiger partial charge in [-0.25, -0.2) is 0 Å². The van der Waals surface area contributed by atoms with Crippen LogP contribution in [0.2, 0.25) is 0 Å². The van der Waals surface area contributed by atoms with Crippen LogP contribution in [0, 0.1) is 0 Å². The highest BCUT2D eigenvalue weighted by Crippen LogP contribution is 2.32. The molecule has 3 N–H and O–H groups in total. The van der Waals surface area contributed by atoms with E-state index in [2.05, 4.69) is 33.2 Å². The lowest BCUT2D eigenvalue weighted by Gasteiger charge is -1.97. The molecule has 0 aliphatic heterocycles. The molecular weight excluding hydrogens is 186 g/mol. The molecule has 0 amide bonds. The number of hydrogen-bond donors (Lipinski definition) is 3. The molecule has 3 heterocycles. The van der Waals surface area contributed by atoms with Crippen molar-refractivity contribution in [2.75, 3.05) is 0 Å². The summed E-state index contributed by atoms with van der Waals surface area (Å²) in [6, 6.07) is 6.35. The van der Waals surface area contributed by atoms with E-state index in [-0.39, 0.29) is 0 Å². The third-order valence-electron chi connectivity index (χ3n) is 3.05. The summed E-state index contributed by atoms with van der Waals surface area (Å²) in [5.41, 5.74) is 3.56. The van der Waals surface area contributed by atoms with Crippen molar-refractivity contribution < 1.29 is 0 Å². The van der Waals surface area contributed by atoms with Gasteiger partial charge in [0.05, 0.1) is 16.6 Å². The SMILES string of the molecule is c1cc2c3cc[nH]c3c3[nH]ccc3c2[nH]1. The molecule has 0 unspecified atom stereocenters. The Labute approximate surface area is 85.1 Å². The minimum absolute atomic E-state index is 1.17. The fraction of sp³-hybridized carbons (Fsp3) is 0. The van der Waals surface area contributed by atoms with Crippen molar-refractivity contribution in [1.29, 1.82) is 0 Å². The molecule has 72 valence electrons. The first-order valence-electron chi connectivity index (χ1n) is 4.98. The van der Waals surface area contributed by atoms with E-state index in [0.717, 1.165) is 0 Å². The summed E-state index contributed by atoms with van der Waals surface area (Å²) in [5, 5.41) is 3.78. The molecule has 0 bridgehead atoms. The Morgan fingerprint density at radius 3 is 1.73 bits per heavy atom. The molecule has 0 saturated heterocycles. The number of benzene rings is 1. The average Bonchev–Trinajstić information content (AvgIpc) is 2.97. The maximum atomic E-state index is 3.30. The van der Waals surface area contributed by atoms with Gasteiger partial charge in [-0.05, 0) is 18.2 Å². The monoisotopic (exact) mass is 195 g/mol. The largest absolute Gasteiger partial charge is 0.361 e. The summed E-state index contributed by atoms with van der Waals surface area (Å²) in [6.07, 6.45) is 5.95. The molecular formula is C12H9N3. The van der Waals surface area contributed by atoms with Crippen molar-refractivity contribution in [3.63, 3.8) is 0 Å². The summed E-state index contributed by atoms with van der Waals surface area (Å²) in [6.45, 7) is 0. The summed E-state index contributed by atoms with van der Waals surface area (Å²) in [4.78, 5) is 9.86. The van der Waals surface area contributed by atoms with Crippen LogP contribution in [0.15, 0.2) is 36.8 Å². The van der Waals surface area contributed by atoms with E-state index in [9.17, 15) is 0 Å². The smallest absolute Gasteiger partial charge is 0.0720 e. The number of H-pyrrole nitrogens is 3. The lowest BCUT2D eigenvalue weighted by Crippen LogP contribution is -1.76. The molecule has 0 aliphatic rings. The van der Waals surface area contributed by atoms with Crippen molar-refractivity contribution in [2.45, 2.75) is 0 Å². The summed E-state index contributed by atoms with van der Waals surface area (Å²) >= 11 is 0. The first-order valence-corrected chi connectivity index (χ1v) is 4.98. The Kier molecular flexibility index (Phi) is 1.08. The second-order valence-electron chi connectivity index (χ2n) is 3.80. The van der Waals surface area contributed by atoms with Gasteiger partial charge in [-0.15, -0.1) is 0 Å². The van der Waals surface area contributed by atoms with Gasteiger partial charge in [0.25, 0.3) is 0 Å². The molecule has 0 atom stereocenters. The summed E-state index contributed by atoms with van der Waals surface area (Å²) in [7, 11) is 0. The normalized spacial score (nSPS) is 12.0. The van der Waals surface area contributed by atoms with Crippen LogP contribution in [0.4, 0.5) is 0 Å². The predicted octanol–water partition coefficient (Wildman–Crippen LogP) is 3.13. The van der Waals surface area contributed by atoms with Gasteiger partial charge >= 0.3 is 0 Å². The molecule has 0 spiro atoms. The molecule has 15 heavy (non-hydrogen) atoms. The van der Waals surface area contributed by atoms with Crippen LogP contribution in [-0.2, 0) is 0 Å². The van der Waals surface area contributed by atoms with Crippen LogP contribution in [0.5, 0.6) is 0 Å². The number of fused-ring (bicyclic) bond motifs is 6. The number of nitrogens with one attached hydrogen (secondary N) is 3. The number of aromatic nitrogens is 3. The Bertz CT molecular complexity index is 575. The molecule has 4 aromatic rings. The average molecular weight is 195 g/mol. The van der Waals surface area contributed by atoms with Crippen molar-refractivity contribution in [2.24, 2.45) is 0 Å². The fourth-order valence-corrected chi connectivity index (χ4v) is 2.40. The van der Waals surface area contributed by atoms with E-state index >= 15 is 0 Å². The maximum Gasteiger partial charge on any atom is 0.0720 e. The molecule has 3 nitrogen and oxygen atoms in total. The van der Waals surface area contributed by atoms with E-state index in [4.69, 9.17) is 0 Å². The van der Waals surface area contributed by atoms with Gasteiger partial charge in [-0.1, -0.05) is 0 Å². The Morgan fingerprint density at radius 1 is 0.533 bits per heavy atom. The van der Waals surface area contributed by atoms with Crippen LogP contribution in [0.1, 0.15) is 0 Å². The first kappa shape index (κ1) is 7.17. The molecule has 0 radical (unpaired) electrons. The molecule has 1 aromatic carbocycles. The standard InChI is InChI=1S/C12H9N3/c1-4-13-10-7(1)8-2-5-14-11(8)12-9(10)3-6-15-12/h1-6,13-15H. The minimum atomic E-state index is 1.17. The Morgan fingerprint density at radius 2 is 1.00 bits per heavy atom. The second kappa shape index (κ2) is 2.25. The van der Waals surface area contributed by atoms with Gasteiger partial charge < -0.3 is 15.0 Å². The van der Waals surface area contributed by atoms with E-state index in [1.807, 2.05) is 18.6 Å². The number of aromatic amines is 3. The first-order chi connectivity index (χ1) is 7.45. The zero-order valence-electron chi connectivity index (χ0n) is 7.96. The van der Waals surface area contributed by atoms with E-state index in [1.54, 1.807) is 0 Å². The van der Waals surface area contributed by atoms with Gasteiger partial charge in [-0.2, -0.15) is 0 Å². The minimum Gasteiger partial charge on any atom is -0.361 e. The van der Waals surface area contributed by atoms with Crippen molar-refractivity contribution in [1.82, 2.24) is 15.0 Å². The van der Waals surface area contributed by atoms with Gasteiger partial charge in [-0.3, -0.25) is 0 Å². The Balaban J connectivity index is 2.56. The van der Waals surface area contributed by atoms with Crippen molar-refractivity contribution >= 4 is 32.7 Å². The number of hydrogen-bond acceptors (Lipinski definition) is 0. The fourth-order valence-electron chi connectivity index (χ4n) is 2.40. The number of rotatable bonds is 0. The quantitative estimate of drug-likeness (QED) is 0.386. The maximum absolute atomic E-state index is 3.30. The molecule has 3 heteroatoms. The predicted molar refractivity (Wildman–Crippen MR) is 62.0 cm³/mol. The molecule has 0 fully saturated rings. The van der Waals surface area contributed by atoms with Gasteiger partial charge in [0.2, 0.25) is 0 Å². The zero-order valence-corrected chi connectivity index (χ0v) is 7.96. The lowest BCUT2D eigenvalue weighted by molar-refractivity contribution is 1.44. The van der Waals surface area contributed by atoms with Crippen LogP contribution in [-0.4, -0.2) is 15.0 Å². The van der Waals surface area contributed by atoms with Gasteiger partial charge in [0.15, 0.2) is 0 Å². The van der Waals surface area contributed by atoms with E-state index in [1.165, 1.54) is 32.7 Å². The van der Waals surface area contributed by atoms with Crippen LogP contribution in [0.25, 0.3) is 32.7 Å². The second-order valence-corrected chi connectivity index (χ2v) is 3.80. The van der Waals surface area contributed by atoms with Gasteiger partial charge in [0, 0.05) is 34.7 Å². The highest BCUT2D eigenvalue weighted by atomic mass is 14.8. The molecule has 3 aromatic heterocycles. The van der Waals surface area contributed by atoms with E-state index in [0.29, 0.717) is 0 Å². The summed E-state index contributed by atoms with van der Waals surface area (Å²) < 4.78 is 0. The molecule has 4 rings (SSSR count). The van der Waals surface area contributed by atoms with Gasteiger partial charge in [0.1, 0.15) is 0 Å². The molecule has 0 saturated carbocycles. The topological polar surface area (TPSA) is 47.4 Å². The zero-order chi connectivity index (χ0) is 9.83. The third-order valence-corrected chi connectivity index (χ3v) is 3.05. The van der Waals surface area contributed by atoms with Crippen LogP contribution >= 0.6 is 0 Å².